The monoisotopic (exact) mass is 405 g/mol. The van der Waals surface area contributed by atoms with Gasteiger partial charge in [0.25, 0.3) is 0 Å². The smallest absolute Gasteiger partial charge is 0.336 e. The highest BCUT2D eigenvalue weighted by molar-refractivity contribution is 7.99. The zero-order valence-electron chi connectivity index (χ0n) is 16.0. The summed E-state index contributed by atoms with van der Waals surface area (Å²) in [5.74, 6) is 0.845. The number of carboxylic acids is 1. The zero-order chi connectivity index (χ0) is 20.3. The lowest BCUT2D eigenvalue weighted by Crippen LogP contribution is -2.00. The summed E-state index contributed by atoms with van der Waals surface area (Å²) in [6.07, 6.45) is 9.56. The van der Waals surface area contributed by atoms with Gasteiger partial charge in [0.15, 0.2) is 0 Å². The Morgan fingerprint density at radius 1 is 0.931 bits per heavy atom. The lowest BCUT2D eigenvalue weighted by molar-refractivity contribution is 0.0693. The van der Waals surface area contributed by atoms with Crippen LogP contribution >= 0.6 is 11.8 Å². The van der Waals surface area contributed by atoms with E-state index < -0.39 is 5.97 Å². The fourth-order valence-corrected chi connectivity index (χ4v) is 3.74. The Bertz CT molecular complexity index is 940. The Labute approximate surface area is 175 Å². The summed E-state index contributed by atoms with van der Waals surface area (Å²) in [7, 11) is 0. The maximum atomic E-state index is 11.2. The first-order valence-electron chi connectivity index (χ1n) is 9.48. The van der Waals surface area contributed by atoms with Crippen LogP contribution in [-0.4, -0.2) is 28.4 Å². The van der Waals surface area contributed by atoms with Crippen LogP contribution < -0.4 is 4.74 Å². The van der Waals surface area contributed by atoms with E-state index in [9.17, 15) is 9.90 Å². The van der Waals surface area contributed by atoms with Gasteiger partial charge in [0.05, 0.1) is 12.2 Å². The molecule has 0 fully saturated rings. The molecule has 0 spiro atoms. The lowest BCUT2D eigenvalue weighted by Gasteiger charge is -2.07. The number of ether oxygens (including phenoxy) is 1. The van der Waals surface area contributed by atoms with Gasteiger partial charge in [0.2, 0.25) is 0 Å². The van der Waals surface area contributed by atoms with Crippen LogP contribution in [-0.2, 0) is 0 Å². The summed E-state index contributed by atoms with van der Waals surface area (Å²) in [5.41, 5.74) is 2.60. The van der Waals surface area contributed by atoms with E-state index in [1.807, 2.05) is 48.5 Å². The normalized spacial score (nSPS) is 10.9. The lowest BCUT2D eigenvalue weighted by atomic mass is 10.1. The van der Waals surface area contributed by atoms with Gasteiger partial charge in [-0.15, -0.1) is 11.8 Å². The Kier molecular flexibility index (Phi) is 7.90. The number of pyridine rings is 1. The van der Waals surface area contributed by atoms with Gasteiger partial charge in [-0.05, 0) is 66.1 Å². The number of carbonyl (C=O) groups is 1. The third kappa shape index (κ3) is 6.80. The Morgan fingerprint density at radius 3 is 2.34 bits per heavy atom. The summed E-state index contributed by atoms with van der Waals surface area (Å²) in [4.78, 5) is 16.0. The van der Waals surface area contributed by atoms with E-state index in [2.05, 4.69) is 17.1 Å². The fraction of sp³-hybridized carbons (Fsp3) is 0.167. The average Bonchev–Trinajstić information content (AvgIpc) is 2.76. The van der Waals surface area contributed by atoms with Crippen LogP contribution in [0.1, 0.15) is 34.3 Å². The van der Waals surface area contributed by atoms with Crippen LogP contribution in [0.3, 0.4) is 0 Å². The van der Waals surface area contributed by atoms with Crippen LogP contribution in [0, 0.1) is 0 Å². The van der Waals surface area contributed by atoms with E-state index in [0.29, 0.717) is 12.2 Å². The highest BCUT2D eigenvalue weighted by atomic mass is 32.2. The second-order valence-corrected chi connectivity index (χ2v) is 7.53. The number of carboxylic acid groups (broad SMARTS) is 1. The Morgan fingerprint density at radius 2 is 1.62 bits per heavy atom. The quantitative estimate of drug-likeness (QED) is 0.336. The predicted octanol–water partition coefficient (Wildman–Crippen LogP) is 5.90. The molecule has 148 valence electrons. The number of thioether (sulfide) groups is 1. The minimum Gasteiger partial charge on any atom is -0.494 e. The summed E-state index contributed by atoms with van der Waals surface area (Å²) >= 11 is 1.58. The van der Waals surface area contributed by atoms with E-state index in [-0.39, 0.29) is 0 Å². The van der Waals surface area contributed by atoms with E-state index in [4.69, 9.17) is 4.74 Å². The molecule has 0 aliphatic rings. The molecule has 29 heavy (non-hydrogen) atoms. The van der Waals surface area contributed by atoms with E-state index >= 15 is 0 Å². The molecular formula is C24H23NO3S. The molecule has 1 heterocycles. The molecule has 0 amide bonds. The molecule has 1 aromatic heterocycles. The minimum absolute atomic E-state index is 0.367. The molecule has 0 bridgehead atoms. The minimum atomic E-state index is -0.879. The molecule has 5 heteroatoms. The van der Waals surface area contributed by atoms with Crippen molar-refractivity contribution >= 4 is 29.9 Å². The zero-order valence-corrected chi connectivity index (χ0v) is 16.8. The van der Waals surface area contributed by atoms with Gasteiger partial charge in [-0.1, -0.05) is 36.4 Å². The van der Waals surface area contributed by atoms with Crippen LogP contribution in [0.2, 0.25) is 0 Å². The second-order valence-electron chi connectivity index (χ2n) is 6.39. The van der Waals surface area contributed by atoms with Gasteiger partial charge >= 0.3 is 5.97 Å². The first-order valence-corrected chi connectivity index (χ1v) is 10.5. The SMILES string of the molecule is O=C(O)c1ccccc1SCCCCOc1ccc(/C=C/c2ccncc2)cc1. The van der Waals surface area contributed by atoms with Crippen LogP contribution in [0.4, 0.5) is 0 Å². The third-order valence-electron chi connectivity index (χ3n) is 4.24. The molecule has 0 aliphatic carbocycles. The van der Waals surface area contributed by atoms with Gasteiger partial charge in [-0.3, -0.25) is 4.98 Å². The van der Waals surface area contributed by atoms with Crippen molar-refractivity contribution in [3.05, 3.63) is 89.7 Å². The Balaban J connectivity index is 1.37. The van der Waals surface area contributed by atoms with Gasteiger partial charge < -0.3 is 9.84 Å². The van der Waals surface area contributed by atoms with Gasteiger partial charge in [0.1, 0.15) is 5.75 Å². The van der Waals surface area contributed by atoms with E-state index in [1.165, 1.54) is 0 Å². The highest BCUT2D eigenvalue weighted by Crippen LogP contribution is 2.24. The predicted molar refractivity (Wildman–Crippen MR) is 118 cm³/mol. The second kappa shape index (κ2) is 11.1. The topological polar surface area (TPSA) is 59.4 Å². The molecule has 4 nitrogen and oxygen atoms in total. The van der Waals surface area contributed by atoms with Crippen molar-refractivity contribution in [2.24, 2.45) is 0 Å². The van der Waals surface area contributed by atoms with Gasteiger partial charge in [-0.2, -0.15) is 0 Å². The summed E-state index contributed by atoms with van der Waals surface area (Å²) in [6, 6.07) is 19.1. The van der Waals surface area contributed by atoms with Crippen molar-refractivity contribution < 1.29 is 14.6 Å². The number of nitrogens with zero attached hydrogens (tertiary/aromatic N) is 1. The summed E-state index contributed by atoms with van der Waals surface area (Å²) < 4.78 is 5.80. The average molecular weight is 406 g/mol. The number of benzene rings is 2. The molecule has 0 saturated heterocycles. The maximum Gasteiger partial charge on any atom is 0.336 e. The summed E-state index contributed by atoms with van der Waals surface area (Å²) in [5, 5.41) is 9.20. The molecule has 0 aliphatic heterocycles. The van der Waals surface area contributed by atoms with Crippen molar-refractivity contribution in [3.63, 3.8) is 0 Å². The number of hydrogen-bond donors (Lipinski definition) is 1. The van der Waals surface area contributed by atoms with Crippen LogP contribution in [0.25, 0.3) is 12.2 Å². The largest absolute Gasteiger partial charge is 0.494 e. The Hall–Kier alpha value is -3.05. The molecular weight excluding hydrogens is 382 g/mol. The molecule has 2 aromatic carbocycles. The molecule has 1 N–H and O–H groups in total. The molecule has 0 saturated carbocycles. The first kappa shape index (κ1) is 20.7. The standard InChI is InChI=1S/C24H23NO3S/c26-24(27)22-5-1-2-6-23(22)29-18-4-3-17-28-21-11-9-19(10-12-21)7-8-20-13-15-25-16-14-20/h1-2,5-16H,3-4,17-18H2,(H,26,27)/b8-7+. The molecule has 3 aromatic rings. The molecule has 3 rings (SSSR count). The van der Waals surface area contributed by atoms with Gasteiger partial charge in [0, 0.05) is 17.3 Å². The van der Waals surface area contributed by atoms with Crippen molar-refractivity contribution in [1.29, 1.82) is 0 Å². The third-order valence-corrected chi connectivity index (χ3v) is 5.40. The van der Waals surface area contributed by atoms with Crippen LogP contribution in [0.15, 0.2) is 78.0 Å². The van der Waals surface area contributed by atoms with Crippen molar-refractivity contribution in [1.82, 2.24) is 4.98 Å². The van der Waals surface area contributed by atoms with E-state index in [1.54, 1.807) is 36.3 Å². The first-order chi connectivity index (χ1) is 14.2. The number of unbranched alkanes of at least 4 members (excludes halogenated alkanes) is 1. The summed E-state index contributed by atoms with van der Waals surface area (Å²) in [6.45, 7) is 0.646. The fourth-order valence-electron chi connectivity index (χ4n) is 2.69. The maximum absolute atomic E-state index is 11.2. The molecule has 0 radical (unpaired) electrons. The molecule has 0 unspecified atom stereocenters. The highest BCUT2D eigenvalue weighted by Gasteiger charge is 2.08. The van der Waals surface area contributed by atoms with Crippen LogP contribution in [0.5, 0.6) is 5.75 Å². The number of aromatic carboxylic acids is 1. The number of aromatic nitrogens is 1. The van der Waals surface area contributed by atoms with E-state index in [0.717, 1.165) is 40.4 Å². The van der Waals surface area contributed by atoms with Crippen molar-refractivity contribution in [2.45, 2.75) is 17.7 Å². The van der Waals surface area contributed by atoms with Crippen molar-refractivity contribution in [3.8, 4) is 5.75 Å². The van der Waals surface area contributed by atoms with Crippen molar-refractivity contribution in [2.75, 3.05) is 12.4 Å². The number of hydrogen-bond acceptors (Lipinski definition) is 4. The molecule has 0 atom stereocenters. The van der Waals surface area contributed by atoms with Gasteiger partial charge in [-0.25, -0.2) is 4.79 Å². The number of rotatable bonds is 10.